The van der Waals surface area contributed by atoms with Gasteiger partial charge < -0.3 is 23.7 Å². The van der Waals surface area contributed by atoms with Gasteiger partial charge in [0, 0.05) is 95.1 Å². The molecule has 0 unspecified atom stereocenters. The zero-order valence-corrected chi connectivity index (χ0v) is 40.5. The Labute approximate surface area is 432 Å². The highest BCUT2D eigenvalue weighted by Crippen LogP contribution is 2.51. The minimum Gasteiger partial charge on any atom is -0.457 e. The molecular formula is C66H52N6O. The molecule has 5 heterocycles. The molecule has 0 N–H and O–H groups in total. The topological polar surface area (TPSA) is 43.4 Å². The molecule has 0 saturated heterocycles. The SMILES string of the molecule is [2H]C([2H])([2H])n1c2ccccc2c2cc3c4ccccc4n(C([2H])([2H])[2H])c3c(N3CN(c4cccc(Oc5ccc6c7cc(-c8ccccc8)ccc7n(-c7cc(C(C)(C)C)c(-c8ccccc8)cn7)c6c5)c4)c4ccccc43)c21. The molecule has 13 aromatic rings. The van der Waals surface area contributed by atoms with Crippen LogP contribution in [0.1, 0.15) is 34.6 Å². The first kappa shape index (κ1) is 36.8. The number of aryl methyl sites for hydroxylation is 2. The number of para-hydroxylation sites is 4. The van der Waals surface area contributed by atoms with Crippen LogP contribution in [0.4, 0.5) is 22.7 Å². The zero-order chi connectivity index (χ0) is 54.1. The van der Waals surface area contributed by atoms with Crippen LogP contribution in [-0.4, -0.2) is 25.4 Å². The zero-order valence-electron chi connectivity index (χ0n) is 46.5. The maximum atomic E-state index is 9.02. The van der Waals surface area contributed by atoms with Gasteiger partial charge in [-0.3, -0.25) is 4.57 Å². The average Bonchev–Trinajstić information content (AvgIpc) is 3.55. The predicted octanol–water partition coefficient (Wildman–Crippen LogP) is 17.1. The van der Waals surface area contributed by atoms with Crippen molar-refractivity contribution in [2.45, 2.75) is 26.2 Å². The van der Waals surface area contributed by atoms with Crippen LogP contribution in [0.2, 0.25) is 0 Å². The normalized spacial score (nSPS) is 14.5. The third-order valence-electron chi connectivity index (χ3n) is 14.8. The Morgan fingerprint density at radius 3 is 1.77 bits per heavy atom. The van der Waals surface area contributed by atoms with Crippen molar-refractivity contribution in [3.05, 3.63) is 218 Å². The van der Waals surface area contributed by atoms with E-state index in [4.69, 9.17) is 17.9 Å². The molecule has 7 heteroatoms. The number of hydrogen-bond donors (Lipinski definition) is 0. The molecule has 9 aromatic carbocycles. The predicted molar refractivity (Wildman–Crippen MR) is 305 cm³/mol. The van der Waals surface area contributed by atoms with Gasteiger partial charge in [-0.25, -0.2) is 4.98 Å². The molecule has 73 heavy (non-hydrogen) atoms. The molecule has 0 spiro atoms. The van der Waals surface area contributed by atoms with Gasteiger partial charge in [-0.05, 0) is 100 Å². The maximum absolute atomic E-state index is 9.02. The summed E-state index contributed by atoms with van der Waals surface area (Å²) in [5, 5.41) is 5.12. The van der Waals surface area contributed by atoms with Crippen molar-refractivity contribution < 1.29 is 13.0 Å². The number of hydrogen-bond acceptors (Lipinski definition) is 4. The molecule has 0 aliphatic carbocycles. The van der Waals surface area contributed by atoms with Gasteiger partial charge >= 0.3 is 0 Å². The van der Waals surface area contributed by atoms with Crippen molar-refractivity contribution in [3.8, 4) is 39.6 Å². The summed E-state index contributed by atoms with van der Waals surface area (Å²) in [6, 6.07) is 69.0. The van der Waals surface area contributed by atoms with Gasteiger partial charge in [0.15, 0.2) is 0 Å². The summed E-state index contributed by atoms with van der Waals surface area (Å²) < 4.78 is 66.1. The Kier molecular flexibility index (Phi) is 8.19. The van der Waals surface area contributed by atoms with Crippen LogP contribution in [0.3, 0.4) is 0 Å². The lowest BCUT2D eigenvalue weighted by molar-refractivity contribution is 0.483. The number of fused-ring (bicyclic) bond motifs is 10. The highest BCUT2D eigenvalue weighted by molar-refractivity contribution is 6.25. The van der Waals surface area contributed by atoms with E-state index in [1.54, 1.807) is 0 Å². The molecule has 0 radical (unpaired) electrons. The van der Waals surface area contributed by atoms with Crippen molar-refractivity contribution in [2.24, 2.45) is 14.0 Å². The molecule has 352 valence electrons. The van der Waals surface area contributed by atoms with Gasteiger partial charge in [-0.1, -0.05) is 142 Å². The Morgan fingerprint density at radius 2 is 1.08 bits per heavy atom. The van der Waals surface area contributed by atoms with Gasteiger partial charge in [0.05, 0.1) is 39.1 Å². The van der Waals surface area contributed by atoms with E-state index in [9.17, 15) is 0 Å². The smallest absolute Gasteiger partial charge is 0.137 e. The minimum atomic E-state index is -2.62. The molecule has 0 saturated carbocycles. The van der Waals surface area contributed by atoms with E-state index in [2.05, 4.69) is 120 Å². The van der Waals surface area contributed by atoms with Crippen LogP contribution in [-0.2, 0) is 19.4 Å². The number of aromatic nitrogens is 4. The average molecular weight is 951 g/mol. The molecule has 14 rings (SSSR count). The lowest BCUT2D eigenvalue weighted by Crippen LogP contribution is -2.25. The van der Waals surface area contributed by atoms with Crippen LogP contribution in [0.25, 0.3) is 93.5 Å². The molecule has 7 nitrogen and oxygen atoms in total. The van der Waals surface area contributed by atoms with Crippen molar-refractivity contribution in [2.75, 3.05) is 16.5 Å². The molecule has 4 aromatic heterocycles. The van der Waals surface area contributed by atoms with Crippen molar-refractivity contribution in [1.29, 1.82) is 0 Å². The summed E-state index contributed by atoms with van der Waals surface area (Å²) in [6.07, 6.45) is 2.01. The first-order valence-corrected chi connectivity index (χ1v) is 24.7. The second-order valence-corrected chi connectivity index (χ2v) is 20.1. The standard InChI is InChI=1S/C66H52N6O/c1-66(2,3)55-39-62(67-40-54(55)43-21-10-7-11-22-43)72-58-34-31-44(42-19-8-6-9-20-42)35-51(58)50-33-32-47(37-61(50)72)73-46-24-18-23-45(36-46)70-41-71(60-30-17-16-29-59(60)70)65-63-52(48-25-12-14-27-56(48)68(63)4)38-53-49-26-13-15-28-57(49)69(5)64(53)65/h6-40H,41H2,1-5H3/i4D3,5D3. The molecule has 0 fully saturated rings. The molecule has 1 aliphatic heterocycles. The fourth-order valence-corrected chi connectivity index (χ4v) is 11.4. The third kappa shape index (κ3) is 6.69. The first-order chi connectivity index (χ1) is 38.1. The Balaban J connectivity index is 0.907. The van der Waals surface area contributed by atoms with Crippen LogP contribution in [0.5, 0.6) is 11.5 Å². The van der Waals surface area contributed by atoms with Gasteiger partial charge in [-0.2, -0.15) is 0 Å². The molecular weight excluding hydrogens is 893 g/mol. The van der Waals surface area contributed by atoms with Gasteiger partial charge in [0.2, 0.25) is 0 Å². The minimum absolute atomic E-state index is 0.191. The molecule has 0 amide bonds. The number of benzene rings is 9. The number of pyridine rings is 1. The van der Waals surface area contributed by atoms with Crippen LogP contribution >= 0.6 is 0 Å². The summed E-state index contributed by atoms with van der Waals surface area (Å²) in [6.45, 7) is 1.72. The number of nitrogens with zero attached hydrogens (tertiary/aromatic N) is 6. The second-order valence-electron chi connectivity index (χ2n) is 20.1. The molecule has 0 bridgehead atoms. The van der Waals surface area contributed by atoms with Gasteiger partial charge in [-0.15, -0.1) is 0 Å². The highest BCUT2D eigenvalue weighted by atomic mass is 16.5. The van der Waals surface area contributed by atoms with E-state index in [1.165, 1.54) is 14.7 Å². The maximum Gasteiger partial charge on any atom is 0.137 e. The summed E-state index contributed by atoms with van der Waals surface area (Å²) in [4.78, 5) is 9.46. The van der Waals surface area contributed by atoms with E-state index in [0.29, 0.717) is 39.3 Å². The van der Waals surface area contributed by atoms with Crippen LogP contribution in [0, 0.1) is 0 Å². The molecule has 0 atom stereocenters. The summed E-state index contributed by atoms with van der Waals surface area (Å²) in [5.41, 5.74) is 12.3. The monoisotopic (exact) mass is 950 g/mol. The Hall–Kier alpha value is -9.07. The highest BCUT2D eigenvalue weighted by Gasteiger charge is 2.33. The van der Waals surface area contributed by atoms with E-state index in [1.807, 2.05) is 128 Å². The van der Waals surface area contributed by atoms with E-state index in [0.717, 1.165) is 88.5 Å². The summed E-state index contributed by atoms with van der Waals surface area (Å²) in [7, 11) is 0. The van der Waals surface area contributed by atoms with Crippen molar-refractivity contribution >= 4 is 88.2 Å². The quantitative estimate of drug-likeness (QED) is 0.160. The summed E-state index contributed by atoms with van der Waals surface area (Å²) >= 11 is 0. The lowest BCUT2D eigenvalue weighted by atomic mass is 9.82. The Morgan fingerprint density at radius 1 is 0.466 bits per heavy atom. The van der Waals surface area contributed by atoms with E-state index < -0.39 is 14.0 Å². The molecule has 1 aliphatic rings. The van der Waals surface area contributed by atoms with E-state index >= 15 is 0 Å². The van der Waals surface area contributed by atoms with Gasteiger partial charge in [0.1, 0.15) is 24.0 Å². The first-order valence-electron chi connectivity index (χ1n) is 27.7. The summed E-state index contributed by atoms with van der Waals surface area (Å²) in [5.74, 6) is 2.05. The lowest BCUT2D eigenvalue weighted by Gasteiger charge is -2.25. The van der Waals surface area contributed by atoms with E-state index in [-0.39, 0.29) is 12.1 Å². The number of rotatable bonds is 7. The second kappa shape index (κ2) is 16.2. The third-order valence-corrected chi connectivity index (χ3v) is 14.8. The van der Waals surface area contributed by atoms with Crippen molar-refractivity contribution in [3.63, 3.8) is 0 Å². The van der Waals surface area contributed by atoms with Crippen LogP contribution in [0.15, 0.2) is 212 Å². The van der Waals surface area contributed by atoms with Gasteiger partial charge in [0.25, 0.3) is 0 Å². The number of anilines is 4. The largest absolute Gasteiger partial charge is 0.457 e. The Bertz CT molecular complexity index is 4480. The number of ether oxygens (including phenoxy) is 1. The fraction of sp³-hybridized carbons (Fsp3) is 0.106. The van der Waals surface area contributed by atoms with Crippen molar-refractivity contribution in [1.82, 2.24) is 18.7 Å². The van der Waals surface area contributed by atoms with Crippen LogP contribution < -0.4 is 14.5 Å². The fourth-order valence-electron chi connectivity index (χ4n) is 11.4.